The molecule has 0 radical (unpaired) electrons. The fraction of sp³-hybridized carbons (Fsp3) is 0.227. The molecule has 0 saturated carbocycles. The van der Waals surface area contributed by atoms with E-state index in [-0.39, 0.29) is 0 Å². The van der Waals surface area contributed by atoms with Crippen LogP contribution >= 0.6 is 0 Å². The summed E-state index contributed by atoms with van der Waals surface area (Å²) in [5, 5.41) is 0. The zero-order chi connectivity index (χ0) is 16.0. The molecule has 114 valence electrons. The maximum absolute atomic E-state index is 2.58. The molecule has 2 aromatic carbocycles. The van der Waals surface area contributed by atoms with Gasteiger partial charge in [0.05, 0.1) is 0 Å². The average Bonchev–Trinajstić information content (AvgIpc) is 3.15. The molecule has 4 rings (SSSR count). The summed E-state index contributed by atoms with van der Waals surface area (Å²) in [5.74, 6) is 0. The molecule has 0 aromatic heterocycles. The predicted octanol–water partition coefficient (Wildman–Crippen LogP) is 5.58. The Labute approximate surface area is 144 Å². The van der Waals surface area contributed by atoms with Crippen LogP contribution in [-0.4, -0.2) is 4.31 Å². The molecule has 23 heavy (non-hydrogen) atoms. The van der Waals surface area contributed by atoms with Gasteiger partial charge < -0.3 is 0 Å². The van der Waals surface area contributed by atoms with Crippen LogP contribution in [0, 0.1) is 13.8 Å². The molecule has 0 nitrogen and oxygen atoms in total. The van der Waals surface area contributed by atoms with Crippen LogP contribution in [0.25, 0.3) is 12.2 Å². The van der Waals surface area contributed by atoms with Gasteiger partial charge >= 0.3 is 145 Å². The van der Waals surface area contributed by atoms with Crippen molar-refractivity contribution < 1.29 is 17.4 Å². The van der Waals surface area contributed by atoms with Gasteiger partial charge in [0.1, 0.15) is 0 Å². The van der Waals surface area contributed by atoms with E-state index < -0.39 is 17.4 Å². The Morgan fingerprint density at radius 3 is 1.70 bits per heavy atom. The molecule has 0 heterocycles. The molecule has 0 spiro atoms. The minimum atomic E-state index is -1.48. The van der Waals surface area contributed by atoms with Crippen LogP contribution in [0.5, 0.6) is 0 Å². The second-order valence-corrected chi connectivity index (χ2v) is 11.0. The van der Waals surface area contributed by atoms with Crippen molar-refractivity contribution in [2.24, 2.45) is 0 Å². The van der Waals surface area contributed by atoms with Crippen LogP contribution < -0.4 is 0 Å². The Balaban J connectivity index is 1.81. The van der Waals surface area contributed by atoms with E-state index in [2.05, 4.69) is 85.8 Å². The van der Waals surface area contributed by atoms with Crippen molar-refractivity contribution in [3.63, 3.8) is 0 Å². The van der Waals surface area contributed by atoms with Crippen LogP contribution in [0.15, 0.2) is 48.6 Å². The first-order chi connectivity index (χ1) is 11.2. The van der Waals surface area contributed by atoms with E-state index in [0.29, 0.717) is 8.45 Å². The Morgan fingerprint density at radius 2 is 1.26 bits per heavy atom. The topological polar surface area (TPSA) is 0 Å². The van der Waals surface area contributed by atoms with E-state index in [4.69, 9.17) is 0 Å². The molecule has 2 unspecified atom stereocenters. The minimum absolute atomic E-state index is 0.649. The number of hydrogen-bond acceptors (Lipinski definition) is 0. The zero-order valence-electron chi connectivity index (χ0n) is 14.0. The first-order valence-electron chi connectivity index (χ1n) is 8.42. The standard InChI is InChI=1S/2C10H9.C2H4.Ti/c2*1-8-4-2-5-9-6-3-7-10(8)9;1-2;/h2*2-7H,1H3;1H,2H3;. The molecule has 0 bridgehead atoms. The molecule has 0 saturated heterocycles. The van der Waals surface area contributed by atoms with Gasteiger partial charge in [-0.25, -0.2) is 0 Å². The van der Waals surface area contributed by atoms with Crippen molar-refractivity contribution in [2.75, 3.05) is 0 Å². The Morgan fingerprint density at radius 1 is 0.783 bits per heavy atom. The predicted molar refractivity (Wildman–Crippen MR) is 97.6 cm³/mol. The first-order valence-corrected chi connectivity index (χ1v) is 11.1. The Kier molecular flexibility index (Phi) is 3.83. The molecule has 0 aliphatic heterocycles. The summed E-state index contributed by atoms with van der Waals surface area (Å²) in [7, 11) is 0. The molecular formula is C22H22Ti. The molecule has 0 amide bonds. The number of fused-ring (bicyclic) bond motifs is 2. The maximum atomic E-state index is 2.58. The van der Waals surface area contributed by atoms with Crippen molar-refractivity contribution in [1.29, 1.82) is 0 Å². The van der Waals surface area contributed by atoms with E-state index in [1.54, 1.807) is 11.1 Å². The van der Waals surface area contributed by atoms with Gasteiger partial charge in [-0.3, -0.25) is 0 Å². The summed E-state index contributed by atoms with van der Waals surface area (Å²) in [6.07, 6.45) is 9.66. The zero-order valence-corrected chi connectivity index (χ0v) is 15.6. The van der Waals surface area contributed by atoms with Gasteiger partial charge in [0.15, 0.2) is 0 Å². The van der Waals surface area contributed by atoms with Crippen molar-refractivity contribution in [3.8, 4) is 0 Å². The number of allylic oxidation sites excluding steroid dienone is 2. The summed E-state index contributed by atoms with van der Waals surface area (Å²) in [5.41, 5.74) is 8.97. The molecule has 2 atom stereocenters. The van der Waals surface area contributed by atoms with Crippen molar-refractivity contribution in [2.45, 2.75) is 29.2 Å². The molecule has 2 aromatic rings. The number of benzene rings is 2. The second kappa shape index (κ2) is 5.85. The summed E-state index contributed by atoms with van der Waals surface area (Å²) < 4.78 is 3.88. The molecule has 0 fully saturated rings. The van der Waals surface area contributed by atoms with Crippen molar-refractivity contribution >= 4 is 16.5 Å². The van der Waals surface area contributed by atoms with Crippen molar-refractivity contribution in [1.82, 2.24) is 0 Å². The van der Waals surface area contributed by atoms with Crippen LogP contribution in [0.2, 0.25) is 0 Å². The number of rotatable bonds is 2. The fourth-order valence-corrected chi connectivity index (χ4v) is 9.24. The quantitative estimate of drug-likeness (QED) is 0.629. The third kappa shape index (κ3) is 2.36. The molecular weight excluding hydrogens is 312 g/mol. The molecule has 0 N–H and O–H groups in total. The summed E-state index contributed by atoms with van der Waals surface area (Å²) in [4.78, 5) is 0. The SMILES string of the molecule is C[CH]=[Ti]([CH]1C=Cc2cccc(C)c21)[CH]1C=Cc2cccc(C)c21. The van der Waals surface area contributed by atoms with Crippen LogP contribution in [0.4, 0.5) is 0 Å². The fourth-order valence-electron chi connectivity index (χ4n) is 4.25. The second-order valence-electron chi connectivity index (χ2n) is 6.62. The summed E-state index contributed by atoms with van der Waals surface area (Å²) in [6.45, 7) is 6.84. The van der Waals surface area contributed by atoms with E-state index in [1.807, 2.05) is 0 Å². The van der Waals surface area contributed by atoms with Gasteiger partial charge in [-0.05, 0) is 0 Å². The van der Waals surface area contributed by atoms with Gasteiger partial charge in [0.25, 0.3) is 0 Å². The van der Waals surface area contributed by atoms with Crippen LogP contribution in [0.3, 0.4) is 0 Å². The third-order valence-electron chi connectivity index (χ3n) is 5.33. The summed E-state index contributed by atoms with van der Waals surface area (Å²) in [6, 6.07) is 13.5. The Hall–Kier alpha value is -1.50. The van der Waals surface area contributed by atoms with E-state index >= 15 is 0 Å². The molecule has 1 heteroatoms. The van der Waals surface area contributed by atoms with E-state index in [0.717, 1.165) is 0 Å². The van der Waals surface area contributed by atoms with Crippen LogP contribution in [0.1, 0.15) is 48.7 Å². The van der Waals surface area contributed by atoms with Crippen LogP contribution in [-0.2, 0) is 17.4 Å². The van der Waals surface area contributed by atoms with Gasteiger partial charge in [-0.2, -0.15) is 0 Å². The Bertz CT molecular complexity index is 798. The van der Waals surface area contributed by atoms with E-state index in [9.17, 15) is 0 Å². The van der Waals surface area contributed by atoms with E-state index in [1.165, 1.54) is 22.3 Å². The normalized spacial score (nSPS) is 20.5. The van der Waals surface area contributed by atoms with Gasteiger partial charge in [0, 0.05) is 0 Å². The number of hydrogen-bond donors (Lipinski definition) is 0. The summed E-state index contributed by atoms with van der Waals surface area (Å²) >= 11 is -1.48. The van der Waals surface area contributed by atoms with Gasteiger partial charge in [-0.1, -0.05) is 0 Å². The third-order valence-corrected chi connectivity index (χ3v) is 10.1. The average molecular weight is 334 g/mol. The first kappa shape index (κ1) is 15.1. The van der Waals surface area contributed by atoms with Gasteiger partial charge in [0.2, 0.25) is 0 Å². The molecule has 2 aliphatic carbocycles. The monoisotopic (exact) mass is 334 g/mol. The molecule has 2 aliphatic rings. The van der Waals surface area contributed by atoms with Gasteiger partial charge in [-0.15, -0.1) is 0 Å². The number of aryl methyl sites for hydroxylation is 2. The van der Waals surface area contributed by atoms with Crippen molar-refractivity contribution in [3.05, 3.63) is 81.9 Å².